The zero-order valence-corrected chi connectivity index (χ0v) is 8.22. The van der Waals surface area contributed by atoms with Gasteiger partial charge in [-0.25, -0.2) is 0 Å². The fourth-order valence-electron chi connectivity index (χ4n) is 1.72. The van der Waals surface area contributed by atoms with Gasteiger partial charge in [-0.1, -0.05) is 0 Å². The molecule has 1 heterocycles. The van der Waals surface area contributed by atoms with E-state index in [1.165, 1.54) is 25.7 Å². The lowest BCUT2D eigenvalue weighted by Gasteiger charge is -2.10. The SMILES string of the molecule is C1CO[C@H](CNCCNC2CC2)C1. The first-order valence-corrected chi connectivity index (χ1v) is 5.51. The first-order chi connectivity index (χ1) is 6.45. The highest BCUT2D eigenvalue weighted by Gasteiger charge is 2.19. The second kappa shape index (κ2) is 4.94. The number of nitrogens with one attached hydrogen (secondary N) is 2. The van der Waals surface area contributed by atoms with Gasteiger partial charge in [-0.3, -0.25) is 0 Å². The van der Waals surface area contributed by atoms with Crippen LogP contribution in [0.4, 0.5) is 0 Å². The molecule has 0 unspecified atom stereocenters. The van der Waals surface area contributed by atoms with Crippen molar-refractivity contribution >= 4 is 0 Å². The minimum atomic E-state index is 0.487. The minimum absolute atomic E-state index is 0.487. The van der Waals surface area contributed by atoms with Crippen molar-refractivity contribution in [2.24, 2.45) is 0 Å². The third kappa shape index (κ3) is 3.63. The van der Waals surface area contributed by atoms with Crippen LogP contribution < -0.4 is 10.6 Å². The largest absolute Gasteiger partial charge is 0.377 e. The summed E-state index contributed by atoms with van der Waals surface area (Å²) in [6.45, 7) is 4.19. The summed E-state index contributed by atoms with van der Waals surface area (Å²) in [4.78, 5) is 0. The predicted octanol–water partition coefficient (Wildman–Crippen LogP) is 0.507. The van der Waals surface area contributed by atoms with Crippen molar-refractivity contribution in [3.05, 3.63) is 0 Å². The topological polar surface area (TPSA) is 33.3 Å². The molecule has 0 aromatic heterocycles. The van der Waals surface area contributed by atoms with E-state index in [-0.39, 0.29) is 0 Å². The van der Waals surface area contributed by atoms with E-state index in [2.05, 4.69) is 10.6 Å². The van der Waals surface area contributed by atoms with Crippen molar-refractivity contribution in [3.63, 3.8) is 0 Å². The summed E-state index contributed by atoms with van der Waals surface area (Å²) in [6.07, 6.45) is 5.73. The normalized spacial score (nSPS) is 28.2. The Morgan fingerprint density at radius 2 is 2.08 bits per heavy atom. The maximum atomic E-state index is 5.51. The van der Waals surface area contributed by atoms with Crippen LogP contribution in [0.15, 0.2) is 0 Å². The molecule has 3 nitrogen and oxygen atoms in total. The van der Waals surface area contributed by atoms with Crippen molar-refractivity contribution in [3.8, 4) is 0 Å². The van der Waals surface area contributed by atoms with E-state index < -0.39 is 0 Å². The molecule has 2 aliphatic rings. The standard InChI is InChI=1S/C10H20N2O/c1-2-10(13-7-1)8-11-5-6-12-9-3-4-9/h9-12H,1-8H2/t10-/m0/s1. The molecule has 0 spiro atoms. The van der Waals surface area contributed by atoms with Gasteiger partial charge in [0.05, 0.1) is 6.10 Å². The molecule has 0 aromatic carbocycles. The van der Waals surface area contributed by atoms with Gasteiger partial charge in [-0.2, -0.15) is 0 Å². The van der Waals surface area contributed by atoms with E-state index in [0.29, 0.717) is 6.10 Å². The Balaban J connectivity index is 1.39. The molecule has 0 aromatic rings. The molecule has 3 heteroatoms. The molecule has 1 aliphatic heterocycles. The zero-order chi connectivity index (χ0) is 8.93. The number of ether oxygens (including phenoxy) is 1. The monoisotopic (exact) mass is 184 g/mol. The van der Waals surface area contributed by atoms with E-state index in [4.69, 9.17) is 4.74 Å². The predicted molar refractivity (Wildman–Crippen MR) is 52.9 cm³/mol. The average molecular weight is 184 g/mol. The molecule has 1 aliphatic carbocycles. The van der Waals surface area contributed by atoms with Crippen LogP contribution in [-0.2, 0) is 4.74 Å². The van der Waals surface area contributed by atoms with Gasteiger partial charge in [0.2, 0.25) is 0 Å². The maximum Gasteiger partial charge on any atom is 0.0700 e. The third-order valence-corrected chi connectivity index (χ3v) is 2.71. The van der Waals surface area contributed by atoms with Crippen LogP contribution in [0.2, 0.25) is 0 Å². The molecular weight excluding hydrogens is 164 g/mol. The van der Waals surface area contributed by atoms with Gasteiger partial charge in [0.1, 0.15) is 0 Å². The first kappa shape index (κ1) is 9.44. The Morgan fingerprint density at radius 1 is 1.15 bits per heavy atom. The molecule has 1 atom stereocenters. The van der Waals surface area contributed by atoms with E-state index >= 15 is 0 Å². The highest BCUT2D eigenvalue weighted by atomic mass is 16.5. The Labute approximate surface area is 80.2 Å². The molecule has 2 rings (SSSR count). The van der Waals surface area contributed by atoms with Gasteiger partial charge in [0, 0.05) is 32.3 Å². The first-order valence-electron chi connectivity index (χ1n) is 5.51. The summed E-state index contributed by atoms with van der Waals surface area (Å²) in [6, 6.07) is 0.838. The molecule has 1 saturated carbocycles. The van der Waals surface area contributed by atoms with Crippen molar-refractivity contribution in [1.82, 2.24) is 10.6 Å². The molecular formula is C10H20N2O. The van der Waals surface area contributed by atoms with E-state index in [1.54, 1.807) is 0 Å². The van der Waals surface area contributed by atoms with Crippen molar-refractivity contribution in [2.75, 3.05) is 26.2 Å². The van der Waals surface area contributed by atoms with Gasteiger partial charge in [0.15, 0.2) is 0 Å². The lowest BCUT2D eigenvalue weighted by atomic mass is 10.2. The van der Waals surface area contributed by atoms with Crippen molar-refractivity contribution in [2.45, 2.75) is 37.8 Å². The fraction of sp³-hybridized carbons (Fsp3) is 1.00. The summed E-state index contributed by atoms with van der Waals surface area (Å²) in [5.41, 5.74) is 0. The molecule has 76 valence electrons. The molecule has 1 saturated heterocycles. The van der Waals surface area contributed by atoms with Crippen LogP contribution in [0.3, 0.4) is 0 Å². The third-order valence-electron chi connectivity index (χ3n) is 2.71. The number of hydrogen-bond acceptors (Lipinski definition) is 3. The molecule has 2 N–H and O–H groups in total. The maximum absolute atomic E-state index is 5.51. The Morgan fingerprint density at radius 3 is 2.77 bits per heavy atom. The summed E-state index contributed by atoms with van der Waals surface area (Å²) in [5, 5.41) is 6.90. The molecule has 0 amide bonds. The summed E-state index contributed by atoms with van der Waals surface area (Å²) in [7, 11) is 0. The Bertz CT molecular complexity index is 142. The average Bonchev–Trinajstić information content (AvgIpc) is 2.81. The Kier molecular flexibility index (Phi) is 3.58. The molecule has 0 bridgehead atoms. The molecule has 2 fully saturated rings. The van der Waals surface area contributed by atoms with Crippen LogP contribution >= 0.6 is 0 Å². The minimum Gasteiger partial charge on any atom is -0.377 e. The number of rotatable bonds is 6. The highest BCUT2D eigenvalue weighted by molar-refractivity contribution is 4.80. The number of hydrogen-bond donors (Lipinski definition) is 2. The zero-order valence-electron chi connectivity index (χ0n) is 8.22. The van der Waals surface area contributed by atoms with E-state index in [1.807, 2.05) is 0 Å². The van der Waals surface area contributed by atoms with Gasteiger partial charge in [-0.05, 0) is 25.7 Å². The second-order valence-corrected chi connectivity index (χ2v) is 4.07. The van der Waals surface area contributed by atoms with Crippen LogP contribution in [-0.4, -0.2) is 38.4 Å². The Hall–Kier alpha value is -0.120. The van der Waals surface area contributed by atoms with Gasteiger partial charge >= 0.3 is 0 Å². The summed E-state index contributed by atoms with van der Waals surface area (Å²) < 4.78 is 5.51. The molecule has 0 radical (unpaired) electrons. The van der Waals surface area contributed by atoms with Crippen molar-refractivity contribution in [1.29, 1.82) is 0 Å². The van der Waals surface area contributed by atoms with E-state index in [0.717, 1.165) is 32.3 Å². The lowest BCUT2D eigenvalue weighted by molar-refractivity contribution is 0.110. The quantitative estimate of drug-likeness (QED) is 0.590. The van der Waals surface area contributed by atoms with E-state index in [9.17, 15) is 0 Å². The fourth-order valence-corrected chi connectivity index (χ4v) is 1.72. The lowest BCUT2D eigenvalue weighted by Crippen LogP contribution is -2.33. The van der Waals surface area contributed by atoms with Crippen LogP contribution in [0.1, 0.15) is 25.7 Å². The smallest absolute Gasteiger partial charge is 0.0700 e. The molecule has 13 heavy (non-hydrogen) atoms. The van der Waals surface area contributed by atoms with Gasteiger partial charge < -0.3 is 15.4 Å². The van der Waals surface area contributed by atoms with Crippen LogP contribution in [0.25, 0.3) is 0 Å². The van der Waals surface area contributed by atoms with Crippen LogP contribution in [0, 0.1) is 0 Å². The summed E-state index contributed by atoms with van der Waals surface area (Å²) >= 11 is 0. The van der Waals surface area contributed by atoms with Gasteiger partial charge in [0.25, 0.3) is 0 Å². The highest BCUT2D eigenvalue weighted by Crippen LogP contribution is 2.17. The second-order valence-electron chi connectivity index (χ2n) is 4.07. The van der Waals surface area contributed by atoms with Gasteiger partial charge in [-0.15, -0.1) is 0 Å². The summed E-state index contributed by atoms with van der Waals surface area (Å²) in [5.74, 6) is 0. The van der Waals surface area contributed by atoms with Crippen molar-refractivity contribution < 1.29 is 4.74 Å². The van der Waals surface area contributed by atoms with Crippen LogP contribution in [0.5, 0.6) is 0 Å².